The average molecular weight is 475 g/mol. The van der Waals surface area contributed by atoms with Gasteiger partial charge in [0.15, 0.2) is 5.79 Å². The van der Waals surface area contributed by atoms with Crippen molar-refractivity contribution in [2.24, 2.45) is 5.92 Å². The van der Waals surface area contributed by atoms with Gasteiger partial charge in [-0.25, -0.2) is 0 Å². The zero-order valence-corrected chi connectivity index (χ0v) is 17.8. The molecule has 0 bridgehead atoms. The lowest BCUT2D eigenvalue weighted by Gasteiger charge is -2.41. The summed E-state index contributed by atoms with van der Waals surface area (Å²) < 4.78 is 26.5. The number of ether oxygens (including phenoxy) is 4. The highest BCUT2D eigenvalue weighted by Crippen LogP contribution is 2.47. The van der Waals surface area contributed by atoms with Gasteiger partial charge in [0.25, 0.3) is 0 Å². The molecule has 3 saturated heterocycles. The van der Waals surface area contributed by atoms with Gasteiger partial charge in [0.05, 0.1) is 31.0 Å². The summed E-state index contributed by atoms with van der Waals surface area (Å²) in [5.74, 6) is -0.304. The van der Waals surface area contributed by atoms with E-state index in [2.05, 4.69) is 28.7 Å². The van der Waals surface area contributed by atoms with Gasteiger partial charge in [0.1, 0.15) is 11.7 Å². The predicted octanol–water partition coefficient (Wildman–Crippen LogP) is 4.12. The van der Waals surface area contributed by atoms with Crippen molar-refractivity contribution >= 4 is 22.6 Å². The standard InChI is InChI=1S/C20H30INO4/c1-14(11-22)9-15-5-6-18-19(13-21,25-15)10-16(24-18)17-12-23-20(26-17)7-3-2-4-8-20/h14-18H,2-10,12-13H2,1H3/t14-,15-,16-,17-,18?,19?/m1/s1. The van der Waals surface area contributed by atoms with Crippen LogP contribution in [0.1, 0.15) is 64.7 Å². The summed E-state index contributed by atoms with van der Waals surface area (Å²) in [6.07, 6.45) is 9.80. The summed E-state index contributed by atoms with van der Waals surface area (Å²) in [5, 5.41) is 9.12. The lowest BCUT2D eigenvalue weighted by atomic mass is 9.86. The van der Waals surface area contributed by atoms with Gasteiger partial charge in [-0.05, 0) is 39.0 Å². The smallest absolute Gasteiger partial charge is 0.169 e. The number of nitrogens with zero attached hydrogens (tertiary/aromatic N) is 1. The molecule has 0 N–H and O–H groups in total. The summed E-state index contributed by atoms with van der Waals surface area (Å²) in [7, 11) is 0. The van der Waals surface area contributed by atoms with Crippen molar-refractivity contribution in [1.82, 2.24) is 0 Å². The van der Waals surface area contributed by atoms with Crippen LogP contribution in [0.4, 0.5) is 0 Å². The van der Waals surface area contributed by atoms with E-state index in [9.17, 15) is 0 Å². The Kier molecular flexibility index (Phi) is 5.83. The van der Waals surface area contributed by atoms with Crippen molar-refractivity contribution in [3.8, 4) is 6.07 Å². The fourth-order valence-corrected chi connectivity index (χ4v) is 6.14. The first-order chi connectivity index (χ1) is 12.6. The first kappa shape index (κ1) is 19.4. The maximum atomic E-state index is 9.12. The van der Waals surface area contributed by atoms with Gasteiger partial charge in [-0.2, -0.15) is 5.26 Å². The first-order valence-electron chi connectivity index (χ1n) is 10.2. The zero-order valence-electron chi connectivity index (χ0n) is 15.6. The number of nitriles is 1. The fourth-order valence-electron chi connectivity index (χ4n) is 5.16. The Morgan fingerprint density at radius 3 is 2.69 bits per heavy atom. The molecule has 6 heteroatoms. The van der Waals surface area contributed by atoms with E-state index < -0.39 is 0 Å². The van der Waals surface area contributed by atoms with Crippen LogP contribution >= 0.6 is 22.6 Å². The van der Waals surface area contributed by atoms with E-state index in [-0.39, 0.29) is 41.7 Å². The minimum Gasteiger partial charge on any atom is -0.369 e. The van der Waals surface area contributed by atoms with E-state index in [1.165, 1.54) is 19.3 Å². The van der Waals surface area contributed by atoms with Gasteiger partial charge in [-0.15, -0.1) is 0 Å². The molecule has 4 aliphatic rings. The molecule has 6 atom stereocenters. The molecular formula is C20H30INO4. The number of hydrogen-bond acceptors (Lipinski definition) is 5. The fraction of sp³-hybridized carbons (Fsp3) is 0.950. The number of alkyl halides is 1. The molecule has 3 aliphatic heterocycles. The Morgan fingerprint density at radius 1 is 1.15 bits per heavy atom. The minimum absolute atomic E-state index is 0.0265. The summed E-state index contributed by atoms with van der Waals surface area (Å²) in [6, 6.07) is 2.34. The van der Waals surface area contributed by atoms with Crippen molar-refractivity contribution < 1.29 is 18.9 Å². The summed E-state index contributed by atoms with van der Waals surface area (Å²) in [5.41, 5.74) is -0.227. The van der Waals surface area contributed by atoms with Crippen LogP contribution in [0.3, 0.4) is 0 Å². The van der Waals surface area contributed by atoms with E-state index in [1.807, 2.05) is 6.92 Å². The number of halogens is 1. The monoisotopic (exact) mass is 475 g/mol. The van der Waals surface area contributed by atoms with Crippen LogP contribution in [0.15, 0.2) is 0 Å². The van der Waals surface area contributed by atoms with E-state index in [4.69, 9.17) is 24.2 Å². The molecule has 0 aromatic rings. The van der Waals surface area contributed by atoms with E-state index in [0.29, 0.717) is 6.61 Å². The lowest BCUT2D eigenvalue weighted by Crippen LogP contribution is -2.50. The van der Waals surface area contributed by atoms with E-state index >= 15 is 0 Å². The van der Waals surface area contributed by atoms with Gasteiger partial charge in [0.2, 0.25) is 0 Å². The molecule has 2 unspecified atom stereocenters. The van der Waals surface area contributed by atoms with Crippen LogP contribution in [0, 0.1) is 17.2 Å². The van der Waals surface area contributed by atoms with Crippen LogP contribution in [-0.2, 0) is 18.9 Å². The molecule has 0 radical (unpaired) electrons. The van der Waals surface area contributed by atoms with Crippen molar-refractivity contribution in [2.45, 2.75) is 101 Å². The van der Waals surface area contributed by atoms with Crippen LogP contribution in [0.2, 0.25) is 0 Å². The second-order valence-electron chi connectivity index (χ2n) is 8.59. The highest BCUT2D eigenvalue weighted by atomic mass is 127. The van der Waals surface area contributed by atoms with Crippen molar-refractivity contribution in [2.75, 3.05) is 11.0 Å². The number of hydrogen-bond donors (Lipinski definition) is 0. The Labute approximate surface area is 170 Å². The Hall–Kier alpha value is 0.0600. The zero-order chi connectivity index (χ0) is 18.2. The Morgan fingerprint density at radius 2 is 1.96 bits per heavy atom. The van der Waals surface area contributed by atoms with Crippen molar-refractivity contribution in [3.63, 3.8) is 0 Å². The highest BCUT2D eigenvalue weighted by Gasteiger charge is 2.56. The molecule has 0 amide bonds. The van der Waals surface area contributed by atoms with Crippen molar-refractivity contribution in [3.05, 3.63) is 0 Å². The molecule has 1 aliphatic carbocycles. The number of fused-ring (bicyclic) bond motifs is 1. The average Bonchev–Trinajstić information content (AvgIpc) is 3.24. The van der Waals surface area contributed by atoms with Crippen LogP contribution in [0.5, 0.6) is 0 Å². The minimum atomic E-state index is -0.344. The molecular weight excluding hydrogens is 445 g/mol. The summed E-state index contributed by atoms with van der Waals surface area (Å²) in [6.45, 7) is 2.62. The van der Waals surface area contributed by atoms with E-state index in [0.717, 1.165) is 43.0 Å². The second-order valence-corrected chi connectivity index (χ2v) is 9.35. The molecule has 0 aromatic carbocycles. The van der Waals surface area contributed by atoms with Gasteiger partial charge in [0, 0.05) is 29.6 Å². The summed E-state index contributed by atoms with van der Waals surface area (Å²) >= 11 is 2.44. The first-order valence-corrected chi connectivity index (χ1v) is 11.7. The second kappa shape index (κ2) is 7.82. The number of rotatable bonds is 4. The third-order valence-electron chi connectivity index (χ3n) is 6.59. The van der Waals surface area contributed by atoms with Crippen LogP contribution in [-0.4, -0.2) is 46.8 Å². The molecule has 1 spiro atoms. The SMILES string of the molecule is C[C@@H](C#N)C[C@H]1CCC2O[C@@H]([C@H]3COC4(CCCCC4)O3)CC2(CI)O1. The summed E-state index contributed by atoms with van der Waals surface area (Å²) in [4.78, 5) is 0. The topological polar surface area (TPSA) is 60.7 Å². The molecule has 146 valence electrons. The van der Waals surface area contributed by atoms with Gasteiger partial charge >= 0.3 is 0 Å². The van der Waals surface area contributed by atoms with Gasteiger partial charge < -0.3 is 18.9 Å². The maximum Gasteiger partial charge on any atom is 0.169 e. The quantitative estimate of drug-likeness (QED) is 0.452. The maximum absolute atomic E-state index is 9.12. The van der Waals surface area contributed by atoms with Gasteiger partial charge in [-0.3, -0.25) is 0 Å². The molecule has 4 rings (SSSR count). The molecule has 4 fully saturated rings. The normalized spacial score (nSPS) is 43.1. The molecule has 1 saturated carbocycles. The predicted molar refractivity (Wildman–Crippen MR) is 105 cm³/mol. The third kappa shape index (κ3) is 3.67. The van der Waals surface area contributed by atoms with Crippen LogP contribution in [0.25, 0.3) is 0 Å². The lowest BCUT2D eigenvalue weighted by molar-refractivity contribution is -0.199. The van der Waals surface area contributed by atoms with Crippen LogP contribution < -0.4 is 0 Å². The highest BCUT2D eigenvalue weighted by molar-refractivity contribution is 14.1. The van der Waals surface area contributed by atoms with E-state index in [1.54, 1.807) is 0 Å². The Bertz CT molecular complexity index is 546. The van der Waals surface area contributed by atoms with Gasteiger partial charge in [-0.1, -0.05) is 29.0 Å². The largest absolute Gasteiger partial charge is 0.369 e. The molecule has 5 nitrogen and oxygen atoms in total. The molecule has 0 aromatic heterocycles. The van der Waals surface area contributed by atoms with Crippen molar-refractivity contribution in [1.29, 1.82) is 5.26 Å². The molecule has 26 heavy (non-hydrogen) atoms. The molecule has 3 heterocycles. The Balaban J connectivity index is 1.40. The third-order valence-corrected chi connectivity index (χ3v) is 7.89.